The van der Waals surface area contributed by atoms with Gasteiger partial charge in [-0.25, -0.2) is 4.98 Å². The zero-order chi connectivity index (χ0) is 19.1. The zero-order valence-electron chi connectivity index (χ0n) is 16.3. The maximum atomic E-state index is 12.8. The molecule has 2 fully saturated rings. The lowest BCUT2D eigenvalue weighted by Gasteiger charge is -2.33. The van der Waals surface area contributed by atoms with Gasteiger partial charge in [-0.15, -0.1) is 11.3 Å². The molecule has 0 aromatic carbocycles. The van der Waals surface area contributed by atoms with Crippen molar-refractivity contribution >= 4 is 27.5 Å². The number of aromatic nitrogens is 2. The van der Waals surface area contributed by atoms with Gasteiger partial charge in [0, 0.05) is 23.9 Å². The van der Waals surface area contributed by atoms with Gasteiger partial charge in [0.1, 0.15) is 10.7 Å². The largest absolute Gasteiger partial charge is 0.341 e. The second-order valence-corrected chi connectivity index (χ2v) is 9.59. The minimum atomic E-state index is 0.0138. The van der Waals surface area contributed by atoms with E-state index in [1.807, 2.05) is 4.90 Å². The second-order valence-electron chi connectivity index (χ2n) is 8.50. The van der Waals surface area contributed by atoms with E-state index in [1.165, 1.54) is 29.7 Å². The number of aromatic amines is 1. The van der Waals surface area contributed by atoms with Crippen molar-refractivity contribution in [3.05, 3.63) is 26.6 Å². The van der Waals surface area contributed by atoms with Crippen molar-refractivity contribution in [1.29, 1.82) is 0 Å². The first kappa shape index (κ1) is 18.3. The number of carbonyl (C=O) groups excluding carboxylic acids is 1. The van der Waals surface area contributed by atoms with Crippen LogP contribution in [0.4, 0.5) is 0 Å². The molecule has 2 aromatic rings. The number of aryl methyl sites for hydroxylation is 2. The predicted molar refractivity (Wildman–Crippen MR) is 111 cm³/mol. The van der Waals surface area contributed by atoms with Gasteiger partial charge in [-0.2, -0.15) is 0 Å². The molecule has 1 N–H and O–H groups in total. The van der Waals surface area contributed by atoms with Gasteiger partial charge in [0.25, 0.3) is 5.56 Å². The number of H-pyrrole nitrogens is 1. The van der Waals surface area contributed by atoms with Gasteiger partial charge < -0.3 is 9.88 Å². The first-order chi connectivity index (χ1) is 13.7. The van der Waals surface area contributed by atoms with Gasteiger partial charge >= 0.3 is 0 Å². The fourth-order valence-corrected chi connectivity index (χ4v) is 6.30. The number of amides is 1. The number of rotatable bonds is 3. The predicted octanol–water partition coefficient (Wildman–Crippen LogP) is 2.67. The molecule has 150 valence electrons. The number of nitrogens with zero attached hydrogens (tertiary/aromatic N) is 3. The summed E-state index contributed by atoms with van der Waals surface area (Å²) in [6, 6.07) is 0. The van der Waals surface area contributed by atoms with Crippen LogP contribution in [-0.2, 0) is 17.6 Å². The molecule has 2 aliphatic heterocycles. The van der Waals surface area contributed by atoms with E-state index in [0.29, 0.717) is 13.1 Å². The van der Waals surface area contributed by atoms with Crippen molar-refractivity contribution in [2.45, 2.75) is 57.3 Å². The molecule has 0 radical (unpaired) electrons. The van der Waals surface area contributed by atoms with E-state index in [1.54, 1.807) is 11.3 Å². The Kier molecular flexibility index (Phi) is 4.97. The third kappa shape index (κ3) is 3.39. The van der Waals surface area contributed by atoms with Crippen LogP contribution in [0.1, 0.15) is 60.7 Å². The molecule has 1 amide bonds. The standard InChI is InChI=1S/C21H28N4O2S/c26-17(13-24-9-3-4-10-24)25-11-5-6-14(12-25)19-22-20(27)18-15-7-1-2-8-16(15)28-21(18)23-19/h14H,1-13H2,(H,22,23,27)/t14-/m1/s1. The fourth-order valence-electron chi connectivity index (χ4n) is 5.03. The monoisotopic (exact) mass is 400 g/mol. The summed E-state index contributed by atoms with van der Waals surface area (Å²) < 4.78 is 0. The van der Waals surface area contributed by atoms with Crippen LogP contribution in [0.3, 0.4) is 0 Å². The molecular formula is C21H28N4O2S. The van der Waals surface area contributed by atoms with Crippen LogP contribution >= 0.6 is 11.3 Å². The van der Waals surface area contributed by atoms with E-state index in [-0.39, 0.29) is 17.4 Å². The number of thiophene rings is 1. The van der Waals surface area contributed by atoms with E-state index >= 15 is 0 Å². The average molecular weight is 401 g/mol. The lowest BCUT2D eigenvalue weighted by molar-refractivity contribution is -0.133. The highest BCUT2D eigenvalue weighted by molar-refractivity contribution is 7.18. The minimum Gasteiger partial charge on any atom is -0.341 e. The molecule has 0 unspecified atom stereocenters. The number of hydrogen-bond donors (Lipinski definition) is 1. The summed E-state index contributed by atoms with van der Waals surface area (Å²) >= 11 is 1.70. The molecule has 1 aliphatic carbocycles. The SMILES string of the molecule is O=C(CN1CCCC1)N1CCC[C@@H](c2nc3sc4c(c3c(=O)[nH]2)CCCC4)C1. The zero-order valence-corrected chi connectivity index (χ0v) is 17.2. The smallest absolute Gasteiger partial charge is 0.259 e. The Bertz CT molecular complexity index is 944. The first-order valence-electron chi connectivity index (χ1n) is 10.7. The van der Waals surface area contributed by atoms with Gasteiger partial charge in [0.15, 0.2) is 0 Å². The summed E-state index contributed by atoms with van der Waals surface area (Å²) in [5.74, 6) is 1.13. The van der Waals surface area contributed by atoms with E-state index in [4.69, 9.17) is 4.98 Å². The number of nitrogens with one attached hydrogen (secondary N) is 1. The highest BCUT2D eigenvalue weighted by atomic mass is 32.1. The van der Waals surface area contributed by atoms with E-state index < -0.39 is 0 Å². The van der Waals surface area contributed by atoms with Crippen LogP contribution < -0.4 is 5.56 Å². The fraction of sp³-hybridized carbons (Fsp3) is 0.667. The minimum absolute atomic E-state index is 0.0138. The van der Waals surface area contributed by atoms with Gasteiger partial charge in [0.2, 0.25) is 5.91 Å². The number of fused-ring (bicyclic) bond motifs is 3. The molecule has 6 nitrogen and oxygen atoms in total. The molecular weight excluding hydrogens is 372 g/mol. The maximum Gasteiger partial charge on any atom is 0.259 e. The summed E-state index contributed by atoms with van der Waals surface area (Å²) in [6.45, 7) is 4.11. The summed E-state index contributed by atoms with van der Waals surface area (Å²) in [4.78, 5) is 40.0. The van der Waals surface area contributed by atoms with Crippen molar-refractivity contribution in [1.82, 2.24) is 19.8 Å². The van der Waals surface area contributed by atoms with Gasteiger partial charge in [-0.1, -0.05) is 0 Å². The van der Waals surface area contributed by atoms with Gasteiger partial charge in [-0.3, -0.25) is 14.5 Å². The number of piperidine rings is 1. The number of carbonyl (C=O) groups is 1. The highest BCUT2D eigenvalue weighted by Crippen LogP contribution is 2.34. The van der Waals surface area contributed by atoms with Crippen LogP contribution in [-0.4, -0.2) is 58.4 Å². The van der Waals surface area contributed by atoms with E-state index in [0.717, 1.165) is 67.8 Å². The lowest BCUT2D eigenvalue weighted by Crippen LogP contribution is -2.44. The van der Waals surface area contributed by atoms with E-state index in [9.17, 15) is 9.59 Å². The topological polar surface area (TPSA) is 69.3 Å². The summed E-state index contributed by atoms with van der Waals surface area (Å²) in [6.07, 6.45) is 8.80. The van der Waals surface area contributed by atoms with Gasteiger partial charge in [0.05, 0.1) is 11.9 Å². The molecule has 28 heavy (non-hydrogen) atoms. The van der Waals surface area contributed by atoms with Gasteiger partial charge in [-0.05, 0) is 70.0 Å². The molecule has 0 spiro atoms. The molecule has 0 saturated carbocycles. The quantitative estimate of drug-likeness (QED) is 0.860. The molecule has 1 atom stereocenters. The van der Waals surface area contributed by atoms with E-state index in [2.05, 4.69) is 9.88 Å². The molecule has 5 rings (SSSR count). The average Bonchev–Trinajstić information content (AvgIpc) is 3.35. The number of hydrogen-bond acceptors (Lipinski definition) is 5. The Balaban J connectivity index is 1.37. The Morgan fingerprint density at radius 2 is 1.93 bits per heavy atom. The van der Waals surface area contributed by atoms with Crippen LogP contribution in [0, 0.1) is 0 Å². The lowest BCUT2D eigenvalue weighted by atomic mass is 9.96. The van der Waals surface area contributed by atoms with Crippen LogP contribution in [0.25, 0.3) is 10.2 Å². The Labute approximate surface area is 168 Å². The molecule has 0 bridgehead atoms. The first-order valence-corrected chi connectivity index (χ1v) is 11.6. The molecule has 2 saturated heterocycles. The Hall–Kier alpha value is -1.73. The molecule has 3 aliphatic rings. The van der Waals surface area contributed by atoms with Crippen molar-refractivity contribution in [3.63, 3.8) is 0 Å². The Morgan fingerprint density at radius 1 is 1.11 bits per heavy atom. The third-order valence-corrected chi connectivity index (χ3v) is 7.75. The van der Waals surface area contributed by atoms with Crippen molar-refractivity contribution in [2.75, 3.05) is 32.7 Å². The summed E-state index contributed by atoms with van der Waals surface area (Å²) in [5.41, 5.74) is 1.25. The molecule has 2 aromatic heterocycles. The molecule has 4 heterocycles. The van der Waals surface area contributed by atoms with Crippen LogP contribution in [0.15, 0.2) is 4.79 Å². The van der Waals surface area contributed by atoms with Crippen molar-refractivity contribution in [3.8, 4) is 0 Å². The maximum absolute atomic E-state index is 12.8. The summed E-state index contributed by atoms with van der Waals surface area (Å²) in [7, 11) is 0. The van der Waals surface area contributed by atoms with Crippen LogP contribution in [0.2, 0.25) is 0 Å². The summed E-state index contributed by atoms with van der Waals surface area (Å²) in [5, 5.41) is 0.821. The third-order valence-electron chi connectivity index (χ3n) is 6.56. The number of likely N-dealkylation sites (tertiary alicyclic amines) is 2. The second kappa shape index (κ2) is 7.59. The Morgan fingerprint density at radius 3 is 2.79 bits per heavy atom. The normalized spacial score (nSPS) is 23.3. The van der Waals surface area contributed by atoms with Crippen LogP contribution in [0.5, 0.6) is 0 Å². The molecule has 7 heteroatoms. The van der Waals surface area contributed by atoms with Crippen molar-refractivity contribution in [2.24, 2.45) is 0 Å². The van der Waals surface area contributed by atoms with Crippen molar-refractivity contribution < 1.29 is 4.79 Å². The highest BCUT2D eigenvalue weighted by Gasteiger charge is 2.29.